The van der Waals surface area contributed by atoms with Crippen LogP contribution < -0.4 is 0 Å². The van der Waals surface area contributed by atoms with Crippen molar-refractivity contribution in [2.75, 3.05) is 0 Å². The molecule has 2 aromatic rings. The van der Waals surface area contributed by atoms with Gasteiger partial charge in [-0.3, -0.25) is 0 Å². The van der Waals surface area contributed by atoms with Crippen molar-refractivity contribution in [3.05, 3.63) is 76.4 Å². The molecular formula is C24H27NO3. The van der Waals surface area contributed by atoms with E-state index in [2.05, 4.69) is 45.0 Å². The quantitative estimate of drug-likeness (QED) is 0.412. The van der Waals surface area contributed by atoms with Crippen LogP contribution in [-0.2, 0) is 10.8 Å². The third-order valence-corrected chi connectivity index (χ3v) is 5.85. The number of aromatic carboxylic acids is 1. The number of benzene rings is 2. The maximum atomic E-state index is 11.0. The molecular weight excluding hydrogens is 350 g/mol. The summed E-state index contributed by atoms with van der Waals surface area (Å²) in [5.74, 6) is -0.951. The Bertz CT molecular complexity index is 950. The first-order valence-electron chi connectivity index (χ1n) is 9.53. The van der Waals surface area contributed by atoms with Gasteiger partial charge in [0.15, 0.2) is 0 Å². The lowest BCUT2D eigenvalue weighted by molar-refractivity contribution is 0.0697. The Morgan fingerprint density at radius 1 is 0.929 bits per heavy atom. The SMILES string of the molecule is CC1(C)CCC(C)(C)c2cc(C(/C=C\c3ccc(C(=O)O)cc3)=N\O)ccc21. The molecule has 146 valence electrons. The molecule has 0 saturated carbocycles. The van der Waals surface area contributed by atoms with Gasteiger partial charge in [-0.2, -0.15) is 0 Å². The van der Waals surface area contributed by atoms with Gasteiger partial charge in [0, 0.05) is 5.56 Å². The Kier molecular flexibility index (Phi) is 5.16. The van der Waals surface area contributed by atoms with Crippen LogP contribution in [0.4, 0.5) is 0 Å². The minimum absolute atomic E-state index is 0.0812. The zero-order chi connectivity index (χ0) is 20.5. The topological polar surface area (TPSA) is 69.9 Å². The molecule has 0 bridgehead atoms. The molecule has 0 spiro atoms. The number of hydrogen-bond donors (Lipinski definition) is 2. The standard InChI is InChI=1S/C24H27NO3/c1-23(2)13-14-24(3,4)20-15-18(10-11-19(20)23)21(25-28)12-7-16-5-8-17(9-6-16)22(26)27/h5-12,15,28H,13-14H2,1-4H3,(H,26,27)/b12-7-,25-21-. The van der Waals surface area contributed by atoms with Crippen LogP contribution in [0.25, 0.3) is 6.08 Å². The number of carboxylic acid groups (broad SMARTS) is 1. The van der Waals surface area contributed by atoms with Gasteiger partial charge in [-0.15, -0.1) is 0 Å². The zero-order valence-corrected chi connectivity index (χ0v) is 16.9. The molecule has 0 aromatic heterocycles. The van der Waals surface area contributed by atoms with Crippen molar-refractivity contribution in [3.8, 4) is 0 Å². The third kappa shape index (κ3) is 3.86. The summed E-state index contributed by atoms with van der Waals surface area (Å²) in [5, 5.41) is 22.0. The van der Waals surface area contributed by atoms with Gasteiger partial charge in [-0.1, -0.05) is 63.2 Å². The predicted octanol–water partition coefficient (Wildman–Crippen LogP) is 5.63. The summed E-state index contributed by atoms with van der Waals surface area (Å²) in [6.07, 6.45) is 5.83. The fourth-order valence-corrected chi connectivity index (χ4v) is 3.85. The van der Waals surface area contributed by atoms with Crippen LogP contribution >= 0.6 is 0 Å². The van der Waals surface area contributed by atoms with E-state index in [9.17, 15) is 10.0 Å². The normalized spacial score (nSPS) is 18.1. The van der Waals surface area contributed by atoms with Crippen molar-refractivity contribution < 1.29 is 15.1 Å². The molecule has 0 unspecified atom stereocenters. The van der Waals surface area contributed by atoms with E-state index in [-0.39, 0.29) is 16.4 Å². The van der Waals surface area contributed by atoms with Crippen LogP contribution in [0.1, 0.15) is 73.1 Å². The van der Waals surface area contributed by atoms with Crippen LogP contribution in [0.2, 0.25) is 0 Å². The molecule has 1 aliphatic rings. The summed E-state index contributed by atoms with van der Waals surface area (Å²) in [7, 11) is 0. The van der Waals surface area contributed by atoms with Gasteiger partial charge in [-0.25, -0.2) is 4.79 Å². The van der Waals surface area contributed by atoms with Crippen molar-refractivity contribution in [1.29, 1.82) is 0 Å². The smallest absolute Gasteiger partial charge is 0.335 e. The molecule has 2 N–H and O–H groups in total. The molecule has 28 heavy (non-hydrogen) atoms. The van der Waals surface area contributed by atoms with E-state index in [0.717, 1.165) is 24.0 Å². The summed E-state index contributed by atoms with van der Waals surface area (Å²) in [5.41, 5.74) is 5.31. The van der Waals surface area contributed by atoms with Crippen molar-refractivity contribution in [3.63, 3.8) is 0 Å². The van der Waals surface area contributed by atoms with Gasteiger partial charge in [0.05, 0.1) is 5.56 Å². The van der Waals surface area contributed by atoms with Crippen LogP contribution in [0.15, 0.2) is 53.7 Å². The first kappa shape index (κ1) is 19.9. The van der Waals surface area contributed by atoms with E-state index in [1.165, 1.54) is 11.1 Å². The number of carboxylic acids is 1. The monoisotopic (exact) mass is 377 g/mol. The number of fused-ring (bicyclic) bond motifs is 1. The van der Waals surface area contributed by atoms with Crippen molar-refractivity contribution >= 4 is 17.8 Å². The van der Waals surface area contributed by atoms with E-state index < -0.39 is 5.97 Å². The lowest BCUT2D eigenvalue weighted by Gasteiger charge is -2.42. The number of hydrogen-bond acceptors (Lipinski definition) is 3. The number of oxime groups is 1. The van der Waals surface area contributed by atoms with Crippen LogP contribution in [-0.4, -0.2) is 22.0 Å². The summed E-state index contributed by atoms with van der Waals surface area (Å²) in [4.78, 5) is 11.0. The Balaban J connectivity index is 1.92. The summed E-state index contributed by atoms with van der Waals surface area (Å²) >= 11 is 0. The molecule has 0 aliphatic heterocycles. The van der Waals surface area contributed by atoms with Gasteiger partial charge < -0.3 is 10.3 Å². The molecule has 0 amide bonds. The van der Waals surface area contributed by atoms with Gasteiger partial charge in [-0.05, 0) is 64.6 Å². The average Bonchev–Trinajstić information content (AvgIpc) is 2.66. The van der Waals surface area contributed by atoms with Crippen LogP contribution in [0, 0.1) is 0 Å². The van der Waals surface area contributed by atoms with Gasteiger partial charge in [0.1, 0.15) is 5.71 Å². The Morgan fingerprint density at radius 2 is 1.50 bits per heavy atom. The van der Waals surface area contributed by atoms with Gasteiger partial charge in [0.2, 0.25) is 0 Å². The number of nitrogens with zero attached hydrogens (tertiary/aromatic N) is 1. The molecule has 4 nitrogen and oxygen atoms in total. The minimum Gasteiger partial charge on any atom is -0.478 e. The lowest BCUT2D eigenvalue weighted by atomic mass is 9.63. The summed E-state index contributed by atoms with van der Waals surface area (Å²) in [6, 6.07) is 12.9. The average molecular weight is 377 g/mol. The van der Waals surface area contributed by atoms with E-state index in [1.807, 2.05) is 12.1 Å². The first-order valence-corrected chi connectivity index (χ1v) is 9.53. The highest BCUT2D eigenvalue weighted by molar-refractivity contribution is 6.10. The van der Waals surface area contributed by atoms with E-state index in [0.29, 0.717) is 5.71 Å². The van der Waals surface area contributed by atoms with Crippen molar-refractivity contribution in [2.45, 2.75) is 51.4 Å². The Hall–Kier alpha value is -2.88. The van der Waals surface area contributed by atoms with Crippen molar-refractivity contribution in [1.82, 2.24) is 0 Å². The van der Waals surface area contributed by atoms with E-state index in [4.69, 9.17) is 5.11 Å². The van der Waals surface area contributed by atoms with Crippen LogP contribution in [0.3, 0.4) is 0 Å². The molecule has 3 rings (SSSR count). The fourth-order valence-electron chi connectivity index (χ4n) is 3.85. The predicted molar refractivity (Wildman–Crippen MR) is 112 cm³/mol. The molecule has 0 saturated heterocycles. The fraction of sp³-hybridized carbons (Fsp3) is 0.333. The summed E-state index contributed by atoms with van der Waals surface area (Å²) in [6.45, 7) is 9.09. The largest absolute Gasteiger partial charge is 0.478 e. The minimum atomic E-state index is -0.951. The Labute approximate surface area is 166 Å². The third-order valence-electron chi connectivity index (χ3n) is 5.85. The molecule has 0 heterocycles. The highest BCUT2D eigenvalue weighted by atomic mass is 16.4. The number of rotatable bonds is 4. The van der Waals surface area contributed by atoms with E-state index >= 15 is 0 Å². The van der Waals surface area contributed by atoms with Gasteiger partial charge in [0.25, 0.3) is 0 Å². The molecule has 0 atom stereocenters. The first-order chi connectivity index (χ1) is 13.1. The Morgan fingerprint density at radius 3 is 2.07 bits per heavy atom. The molecule has 1 aliphatic carbocycles. The number of carbonyl (C=O) groups is 1. The summed E-state index contributed by atoms with van der Waals surface area (Å²) < 4.78 is 0. The van der Waals surface area contributed by atoms with Crippen LogP contribution in [0.5, 0.6) is 0 Å². The molecule has 0 radical (unpaired) electrons. The zero-order valence-electron chi connectivity index (χ0n) is 16.9. The second-order valence-electron chi connectivity index (χ2n) is 8.77. The second-order valence-corrected chi connectivity index (χ2v) is 8.77. The number of allylic oxidation sites excluding steroid dienone is 1. The van der Waals surface area contributed by atoms with Crippen molar-refractivity contribution in [2.24, 2.45) is 5.16 Å². The van der Waals surface area contributed by atoms with E-state index in [1.54, 1.807) is 30.3 Å². The lowest BCUT2D eigenvalue weighted by Crippen LogP contribution is -2.34. The maximum absolute atomic E-state index is 11.0. The highest BCUT2D eigenvalue weighted by Gasteiger charge is 2.37. The molecule has 2 aromatic carbocycles. The van der Waals surface area contributed by atoms with Gasteiger partial charge >= 0.3 is 5.97 Å². The molecule has 0 fully saturated rings. The second kappa shape index (κ2) is 7.27. The highest BCUT2D eigenvalue weighted by Crippen LogP contribution is 2.45. The maximum Gasteiger partial charge on any atom is 0.335 e. The molecule has 4 heteroatoms.